The number of nitriles is 1. The zero-order valence-corrected chi connectivity index (χ0v) is 11.4. The van der Waals surface area contributed by atoms with Crippen molar-refractivity contribution >= 4 is 11.6 Å². The maximum atomic E-state index is 13.4. The Hall–Kier alpha value is -2.87. The van der Waals surface area contributed by atoms with Crippen molar-refractivity contribution in [1.82, 2.24) is 0 Å². The van der Waals surface area contributed by atoms with Crippen LogP contribution in [0.1, 0.15) is 11.1 Å². The molecule has 5 heteroatoms. The quantitative estimate of drug-likeness (QED) is 0.938. The summed E-state index contributed by atoms with van der Waals surface area (Å²) in [5.74, 6) is -1.00. The van der Waals surface area contributed by atoms with E-state index in [0.29, 0.717) is 5.69 Å². The molecular weight excluding hydrogens is 271 g/mol. The molecule has 0 heterocycles. The highest BCUT2D eigenvalue weighted by molar-refractivity contribution is 5.91. The molecule has 0 unspecified atom stereocenters. The van der Waals surface area contributed by atoms with Gasteiger partial charge in [0.1, 0.15) is 23.2 Å². The summed E-state index contributed by atoms with van der Waals surface area (Å²) in [6.07, 6.45) is 0. The Labute approximate surface area is 121 Å². The van der Waals surface area contributed by atoms with Gasteiger partial charge in [-0.25, -0.2) is 4.39 Å². The van der Waals surface area contributed by atoms with Gasteiger partial charge < -0.3 is 10.1 Å². The molecule has 0 saturated carbocycles. The third-order valence-corrected chi connectivity index (χ3v) is 2.78. The molecule has 4 nitrogen and oxygen atoms in total. The van der Waals surface area contributed by atoms with Crippen LogP contribution >= 0.6 is 0 Å². The predicted octanol–water partition coefficient (Wildman–Crippen LogP) is 3.02. The largest absolute Gasteiger partial charge is 0.482 e. The summed E-state index contributed by atoms with van der Waals surface area (Å²) in [6, 6.07) is 13.0. The molecule has 1 amide bonds. The Morgan fingerprint density at radius 2 is 2.00 bits per heavy atom. The van der Waals surface area contributed by atoms with E-state index in [1.54, 1.807) is 18.2 Å². The van der Waals surface area contributed by atoms with Crippen molar-refractivity contribution in [2.24, 2.45) is 0 Å². The van der Waals surface area contributed by atoms with Gasteiger partial charge in [-0.1, -0.05) is 23.8 Å². The molecule has 2 aromatic carbocycles. The van der Waals surface area contributed by atoms with Gasteiger partial charge in [0, 0.05) is 5.69 Å². The Balaban J connectivity index is 1.97. The van der Waals surface area contributed by atoms with Crippen LogP contribution in [-0.2, 0) is 4.79 Å². The third-order valence-electron chi connectivity index (χ3n) is 2.78. The van der Waals surface area contributed by atoms with Gasteiger partial charge >= 0.3 is 0 Å². The number of nitrogens with one attached hydrogen (secondary N) is 1. The fraction of sp³-hybridized carbons (Fsp3) is 0.125. The third kappa shape index (κ3) is 3.80. The number of nitrogens with zero attached hydrogens (tertiary/aromatic N) is 1. The highest BCUT2D eigenvalue weighted by Crippen LogP contribution is 2.20. The van der Waals surface area contributed by atoms with Gasteiger partial charge in [-0.15, -0.1) is 0 Å². The number of anilines is 1. The van der Waals surface area contributed by atoms with Crippen LogP contribution in [0.4, 0.5) is 10.1 Å². The Kier molecular flexibility index (Phi) is 4.52. The first-order valence-corrected chi connectivity index (χ1v) is 6.28. The molecule has 0 saturated heterocycles. The molecule has 0 aliphatic rings. The van der Waals surface area contributed by atoms with E-state index in [1.165, 1.54) is 12.1 Å². The monoisotopic (exact) mass is 284 g/mol. The average Bonchev–Trinajstić information content (AvgIpc) is 2.47. The van der Waals surface area contributed by atoms with Crippen LogP contribution in [-0.4, -0.2) is 12.5 Å². The number of amides is 1. The van der Waals surface area contributed by atoms with Crippen LogP contribution in [0, 0.1) is 24.1 Å². The van der Waals surface area contributed by atoms with Crippen LogP contribution in [0.15, 0.2) is 42.5 Å². The lowest BCUT2D eigenvalue weighted by Gasteiger charge is -2.09. The molecule has 0 aromatic heterocycles. The fourth-order valence-electron chi connectivity index (χ4n) is 1.71. The minimum Gasteiger partial charge on any atom is -0.482 e. The Morgan fingerprint density at radius 1 is 1.29 bits per heavy atom. The average molecular weight is 284 g/mol. The number of halogens is 1. The van der Waals surface area contributed by atoms with Crippen molar-refractivity contribution in [3.05, 3.63) is 59.4 Å². The summed E-state index contributed by atoms with van der Waals surface area (Å²) in [4.78, 5) is 11.7. The van der Waals surface area contributed by atoms with E-state index in [1.807, 2.05) is 19.1 Å². The second-order valence-electron chi connectivity index (χ2n) is 4.43. The molecule has 2 aromatic rings. The van der Waals surface area contributed by atoms with Crippen LogP contribution in [0.3, 0.4) is 0 Å². The number of hydrogen-bond acceptors (Lipinski definition) is 3. The van der Waals surface area contributed by atoms with Crippen LogP contribution < -0.4 is 10.1 Å². The normalized spacial score (nSPS) is 9.76. The molecule has 0 bridgehead atoms. The number of aryl methyl sites for hydroxylation is 1. The first-order valence-electron chi connectivity index (χ1n) is 6.28. The second-order valence-corrected chi connectivity index (χ2v) is 4.43. The molecule has 0 atom stereocenters. The van der Waals surface area contributed by atoms with Gasteiger partial charge in [0.2, 0.25) is 0 Å². The first kappa shape index (κ1) is 14.5. The second kappa shape index (κ2) is 6.53. The van der Waals surface area contributed by atoms with Crippen LogP contribution in [0.2, 0.25) is 0 Å². The number of benzene rings is 2. The predicted molar refractivity (Wildman–Crippen MR) is 76.4 cm³/mol. The molecular formula is C16H13FN2O2. The van der Waals surface area contributed by atoms with Gasteiger partial charge in [0.25, 0.3) is 5.91 Å². The number of carbonyl (C=O) groups is 1. The van der Waals surface area contributed by atoms with Crippen molar-refractivity contribution in [3.63, 3.8) is 0 Å². The van der Waals surface area contributed by atoms with E-state index in [2.05, 4.69) is 5.32 Å². The van der Waals surface area contributed by atoms with E-state index in [9.17, 15) is 9.18 Å². The summed E-state index contributed by atoms with van der Waals surface area (Å²) in [7, 11) is 0. The lowest BCUT2D eigenvalue weighted by Crippen LogP contribution is -2.20. The lowest BCUT2D eigenvalue weighted by molar-refractivity contribution is -0.118. The summed E-state index contributed by atoms with van der Waals surface area (Å²) in [5, 5.41) is 11.5. The maximum Gasteiger partial charge on any atom is 0.262 e. The molecule has 1 N–H and O–H groups in total. The summed E-state index contributed by atoms with van der Waals surface area (Å²) in [5.41, 5.74) is 1.53. The Bertz CT molecular complexity index is 690. The van der Waals surface area contributed by atoms with E-state index >= 15 is 0 Å². The molecule has 0 aliphatic carbocycles. The number of rotatable bonds is 4. The minimum atomic E-state index is -0.672. The van der Waals surface area contributed by atoms with Crippen molar-refractivity contribution in [2.45, 2.75) is 6.92 Å². The van der Waals surface area contributed by atoms with Crippen molar-refractivity contribution in [3.8, 4) is 11.8 Å². The smallest absolute Gasteiger partial charge is 0.262 e. The minimum absolute atomic E-state index is 0.0524. The molecule has 0 fully saturated rings. The molecule has 21 heavy (non-hydrogen) atoms. The SMILES string of the molecule is Cc1ccc(NC(=O)COc2cccc(F)c2C#N)cc1. The lowest BCUT2D eigenvalue weighted by atomic mass is 10.2. The molecule has 2 rings (SSSR count). The topological polar surface area (TPSA) is 62.1 Å². The van der Waals surface area contributed by atoms with Crippen LogP contribution in [0.25, 0.3) is 0 Å². The van der Waals surface area contributed by atoms with E-state index in [0.717, 1.165) is 11.6 Å². The van der Waals surface area contributed by atoms with Crippen molar-refractivity contribution < 1.29 is 13.9 Å². The van der Waals surface area contributed by atoms with Crippen molar-refractivity contribution in [2.75, 3.05) is 11.9 Å². The maximum absolute atomic E-state index is 13.4. The van der Waals surface area contributed by atoms with Crippen molar-refractivity contribution in [1.29, 1.82) is 5.26 Å². The highest BCUT2D eigenvalue weighted by atomic mass is 19.1. The van der Waals surface area contributed by atoms with E-state index in [-0.39, 0.29) is 23.8 Å². The highest BCUT2D eigenvalue weighted by Gasteiger charge is 2.10. The summed E-state index contributed by atoms with van der Waals surface area (Å²) >= 11 is 0. The zero-order chi connectivity index (χ0) is 15.2. The number of ether oxygens (including phenoxy) is 1. The molecule has 106 valence electrons. The standard InChI is InChI=1S/C16H13FN2O2/c1-11-5-7-12(8-6-11)19-16(20)10-21-15-4-2-3-14(17)13(15)9-18/h2-8H,10H2,1H3,(H,19,20). The molecule has 0 spiro atoms. The molecule has 0 aliphatic heterocycles. The van der Waals surface area contributed by atoms with Gasteiger partial charge in [0.05, 0.1) is 0 Å². The number of carbonyl (C=O) groups excluding carboxylic acids is 1. The van der Waals surface area contributed by atoms with Crippen LogP contribution in [0.5, 0.6) is 5.75 Å². The molecule has 0 radical (unpaired) electrons. The zero-order valence-electron chi connectivity index (χ0n) is 11.4. The van der Waals surface area contributed by atoms with Gasteiger partial charge in [0.15, 0.2) is 6.61 Å². The Morgan fingerprint density at radius 3 is 2.67 bits per heavy atom. The first-order chi connectivity index (χ1) is 10.1. The van der Waals surface area contributed by atoms with E-state index < -0.39 is 5.82 Å². The number of hydrogen-bond donors (Lipinski definition) is 1. The van der Waals surface area contributed by atoms with Gasteiger partial charge in [-0.3, -0.25) is 4.79 Å². The van der Waals surface area contributed by atoms with E-state index in [4.69, 9.17) is 10.00 Å². The summed E-state index contributed by atoms with van der Waals surface area (Å²) < 4.78 is 18.5. The van der Waals surface area contributed by atoms with Gasteiger partial charge in [-0.05, 0) is 31.2 Å². The summed E-state index contributed by atoms with van der Waals surface area (Å²) in [6.45, 7) is 1.65. The van der Waals surface area contributed by atoms with Gasteiger partial charge in [-0.2, -0.15) is 5.26 Å². The fourth-order valence-corrected chi connectivity index (χ4v) is 1.71.